The van der Waals surface area contributed by atoms with E-state index in [1.54, 1.807) is 0 Å². The molecule has 1 aromatic carbocycles. The molecular weight excluding hydrogens is 385 g/mol. The van der Waals surface area contributed by atoms with E-state index in [0.717, 1.165) is 16.4 Å². The van der Waals surface area contributed by atoms with Gasteiger partial charge in [0.25, 0.3) is 0 Å². The van der Waals surface area contributed by atoms with Crippen molar-refractivity contribution >= 4 is 29.5 Å². The first-order valence-electron chi connectivity index (χ1n) is 10.4. The van der Waals surface area contributed by atoms with Crippen molar-refractivity contribution in [3.05, 3.63) is 24.4 Å². The van der Waals surface area contributed by atoms with E-state index in [1.165, 1.54) is 7.11 Å². The molecule has 2 fully saturated rings. The van der Waals surface area contributed by atoms with Gasteiger partial charge in [-0.15, -0.1) is 0 Å². The van der Waals surface area contributed by atoms with Crippen molar-refractivity contribution in [1.82, 2.24) is 14.7 Å². The van der Waals surface area contributed by atoms with Gasteiger partial charge in [-0.2, -0.15) is 5.10 Å². The highest BCUT2D eigenvalue weighted by molar-refractivity contribution is 6.65. The maximum absolute atomic E-state index is 12.0. The van der Waals surface area contributed by atoms with Gasteiger partial charge in [0.2, 0.25) is 0 Å². The Morgan fingerprint density at radius 3 is 2.67 bits per heavy atom. The maximum atomic E-state index is 12.0. The molecule has 1 aromatic heterocycles. The number of ether oxygens (including phenoxy) is 2. The molecular formula is C21H30BN3O5. The number of nitrogens with zero attached hydrogens (tertiary/aromatic N) is 3. The van der Waals surface area contributed by atoms with Crippen LogP contribution in [0.4, 0.5) is 0 Å². The first-order valence-corrected chi connectivity index (χ1v) is 10.4. The number of carbonyl (C=O) groups excluding carboxylic acids is 1. The summed E-state index contributed by atoms with van der Waals surface area (Å²) in [5.41, 5.74) is 1.09. The van der Waals surface area contributed by atoms with E-state index >= 15 is 0 Å². The smallest absolute Gasteiger partial charge is 0.468 e. The van der Waals surface area contributed by atoms with Gasteiger partial charge in [0.05, 0.1) is 43.6 Å². The molecule has 0 amide bonds. The van der Waals surface area contributed by atoms with E-state index in [-0.39, 0.29) is 12.0 Å². The molecule has 3 heterocycles. The molecule has 0 unspecified atom stereocenters. The summed E-state index contributed by atoms with van der Waals surface area (Å²) < 4.78 is 24.8. The quantitative estimate of drug-likeness (QED) is 0.537. The molecule has 1 atom stereocenters. The minimum Gasteiger partial charge on any atom is -0.468 e. The number of hydrogen-bond donors (Lipinski definition) is 0. The van der Waals surface area contributed by atoms with Gasteiger partial charge in [0.15, 0.2) is 0 Å². The van der Waals surface area contributed by atoms with E-state index in [9.17, 15) is 4.79 Å². The SMILES string of the molecule is COC(=O)[C@@H]1COCCN1CCn1cc2c(B3OC(C)(C)C(C)(C)O3)cccc2n1. The van der Waals surface area contributed by atoms with Crippen molar-refractivity contribution in [2.75, 3.05) is 33.4 Å². The second-order valence-corrected chi connectivity index (χ2v) is 8.91. The molecule has 0 spiro atoms. The fourth-order valence-electron chi connectivity index (χ4n) is 3.89. The van der Waals surface area contributed by atoms with Gasteiger partial charge in [-0.25, -0.2) is 0 Å². The number of morpholine rings is 1. The van der Waals surface area contributed by atoms with Crippen LogP contribution < -0.4 is 5.46 Å². The Kier molecular flexibility index (Phi) is 5.65. The van der Waals surface area contributed by atoms with E-state index in [4.69, 9.17) is 23.9 Å². The third-order valence-electron chi connectivity index (χ3n) is 6.47. The molecule has 2 aromatic rings. The van der Waals surface area contributed by atoms with Crippen LogP contribution in [0.15, 0.2) is 24.4 Å². The number of hydrogen-bond acceptors (Lipinski definition) is 7. The van der Waals surface area contributed by atoms with Crippen molar-refractivity contribution in [2.45, 2.75) is 51.5 Å². The zero-order valence-corrected chi connectivity index (χ0v) is 18.4. The Balaban J connectivity index is 1.52. The third kappa shape index (κ3) is 3.87. The molecule has 30 heavy (non-hydrogen) atoms. The molecule has 0 N–H and O–H groups in total. The molecule has 0 saturated carbocycles. The van der Waals surface area contributed by atoms with Gasteiger partial charge < -0.3 is 18.8 Å². The fraction of sp³-hybridized carbons (Fsp3) is 0.619. The van der Waals surface area contributed by atoms with Crippen LogP contribution in [0.3, 0.4) is 0 Å². The summed E-state index contributed by atoms with van der Waals surface area (Å²) in [6.07, 6.45) is 2.03. The molecule has 2 aliphatic rings. The van der Waals surface area contributed by atoms with E-state index in [1.807, 2.05) is 29.1 Å². The van der Waals surface area contributed by atoms with E-state index < -0.39 is 18.3 Å². The predicted octanol–water partition coefficient (Wildman–Crippen LogP) is 1.21. The fourth-order valence-corrected chi connectivity index (χ4v) is 3.89. The van der Waals surface area contributed by atoms with Crippen LogP contribution in [0.2, 0.25) is 0 Å². The predicted molar refractivity (Wildman–Crippen MR) is 114 cm³/mol. The highest BCUT2D eigenvalue weighted by Gasteiger charge is 2.52. The molecule has 8 nitrogen and oxygen atoms in total. The van der Waals surface area contributed by atoms with Gasteiger partial charge in [-0.05, 0) is 39.2 Å². The topological polar surface area (TPSA) is 75.1 Å². The number of esters is 1. The Labute approximate surface area is 177 Å². The number of methoxy groups -OCH3 is 1. The van der Waals surface area contributed by atoms with Crippen LogP contribution in [0.5, 0.6) is 0 Å². The normalized spacial score (nSPS) is 23.8. The lowest BCUT2D eigenvalue weighted by molar-refractivity contribution is -0.153. The van der Waals surface area contributed by atoms with Crippen molar-refractivity contribution in [2.24, 2.45) is 0 Å². The highest BCUT2D eigenvalue weighted by Crippen LogP contribution is 2.37. The molecule has 2 aliphatic heterocycles. The van der Waals surface area contributed by atoms with Crippen LogP contribution in [0.25, 0.3) is 10.9 Å². The Bertz CT molecular complexity index is 913. The largest absolute Gasteiger partial charge is 0.495 e. The first-order chi connectivity index (χ1) is 14.2. The Hall–Kier alpha value is -1.94. The summed E-state index contributed by atoms with van der Waals surface area (Å²) in [4.78, 5) is 14.1. The zero-order chi connectivity index (χ0) is 21.5. The molecule has 4 rings (SSSR count). The van der Waals surface area contributed by atoms with Crippen molar-refractivity contribution in [1.29, 1.82) is 0 Å². The number of aromatic nitrogens is 2. The van der Waals surface area contributed by atoms with Crippen LogP contribution in [0.1, 0.15) is 27.7 Å². The summed E-state index contributed by atoms with van der Waals surface area (Å²) in [5.74, 6) is -0.261. The summed E-state index contributed by atoms with van der Waals surface area (Å²) in [6, 6.07) is 5.64. The van der Waals surface area contributed by atoms with Crippen molar-refractivity contribution in [3.63, 3.8) is 0 Å². The molecule has 0 radical (unpaired) electrons. The lowest BCUT2D eigenvalue weighted by Gasteiger charge is -2.33. The van der Waals surface area contributed by atoms with Crippen molar-refractivity contribution < 1.29 is 23.6 Å². The second kappa shape index (κ2) is 7.96. The van der Waals surface area contributed by atoms with Gasteiger partial charge in [0, 0.05) is 24.7 Å². The minimum atomic E-state index is -0.431. The van der Waals surface area contributed by atoms with Crippen LogP contribution >= 0.6 is 0 Å². The summed E-state index contributed by atoms with van der Waals surface area (Å²) in [6.45, 7) is 11.2. The number of carbonyl (C=O) groups is 1. The molecule has 2 saturated heterocycles. The van der Waals surface area contributed by atoms with E-state index in [0.29, 0.717) is 32.8 Å². The molecule has 9 heteroatoms. The van der Waals surface area contributed by atoms with Crippen LogP contribution in [-0.2, 0) is 30.1 Å². The van der Waals surface area contributed by atoms with Gasteiger partial charge in [-0.3, -0.25) is 14.4 Å². The lowest BCUT2D eigenvalue weighted by atomic mass is 9.77. The van der Waals surface area contributed by atoms with Gasteiger partial charge in [0.1, 0.15) is 6.04 Å². The summed E-state index contributed by atoms with van der Waals surface area (Å²) >= 11 is 0. The lowest BCUT2D eigenvalue weighted by Crippen LogP contribution is -2.51. The Morgan fingerprint density at radius 2 is 1.97 bits per heavy atom. The first kappa shape index (κ1) is 21.3. The van der Waals surface area contributed by atoms with E-state index in [2.05, 4.69) is 32.6 Å². The summed E-state index contributed by atoms with van der Waals surface area (Å²) in [7, 11) is 0.978. The van der Waals surface area contributed by atoms with Crippen LogP contribution in [0, 0.1) is 0 Å². The summed E-state index contributed by atoms with van der Waals surface area (Å²) in [5, 5.41) is 5.74. The molecule has 162 valence electrons. The number of fused-ring (bicyclic) bond motifs is 1. The van der Waals surface area contributed by atoms with Crippen molar-refractivity contribution in [3.8, 4) is 0 Å². The van der Waals surface area contributed by atoms with Gasteiger partial charge in [-0.1, -0.05) is 12.1 Å². The van der Waals surface area contributed by atoms with Gasteiger partial charge >= 0.3 is 13.1 Å². The minimum absolute atomic E-state index is 0.261. The number of benzene rings is 1. The molecule has 0 bridgehead atoms. The highest BCUT2D eigenvalue weighted by atomic mass is 16.7. The third-order valence-corrected chi connectivity index (χ3v) is 6.47. The number of rotatable bonds is 5. The van der Waals surface area contributed by atoms with Crippen LogP contribution in [-0.4, -0.2) is 78.4 Å². The monoisotopic (exact) mass is 415 g/mol. The molecule has 0 aliphatic carbocycles. The zero-order valence-electron chi connectivity index (χ0n) is 18.4. The Morgan fingerprint density at radius 1 is 1.23 bits per heavy atom. The standard InChI is InChI=1S/C21H30BN3O5/c1-20(2)21(3,4)30-22(29-20)16-7-6-8-17-15(16)13-25(23-17)10-9-24-11-12-28-14-18(24)19(26)27-5/h6-8,13,18H,9-12,14H2,1-5H3/t18-/m0/s1. The average molecular weight is 415 g/mol. The average Bonchev–Trinajstić information content (AvgIpc) is 3.22. The maximum Gasteiger partial charge on any atom is 0.495 e. The second-order valence-electron chi connectivity index (χ2n) is 8.91.